The molecule has 0 saturated heterocycles. The Morgan fingerprint density at radius 3 is 2.05 bits per heavy atom. The monoisotopic (exact) mass is 597 g/mol. The second kappa shape index (κ2) is 16.0. The lowest BCUT2D eigenvalue weighted by atomic mass is 10.00. The number of hydrogen-bond donors (Lipinski definition) is 3. The van der Waals surface area contributed by atoms with Gasteiger partial charge in [-0.15, -0.1) is 0 Å². The molecule has 0 aromatic heterocycles. The molecule has 0 saturated carbocycles. The Morgan fingerprint density at radius 2 is 1.47 bits per heavy atom. The summed E-state index contributed by atoms with van der Waals surface area (Å²) in [4.78, 5) is 54.7. The molecule has 0 bridgehead atoms. The summed E-state index contributed by atoms with van der Waals surface area (Å²) in [6.45, 7) is 12.1. The van der Waals surface area contributed by atoms with Crippen molar-refractivity contribution in [1.82, 2.24) is 15.5 Å². The number of nitrogens with zero attached hydrogens (tertiary/aromatic N) is 1. The maximum absolute atomic E-state index is 14.1. The molecular formula is C33H47N3O7. The molecule has 10 heteroatoms. The number of hydrogen-bond acceptors (Lipinski definition) is 7. The number of para-hydroxylation sites is 1. The maximum atomic E-state index is 14.1. The highest BCUT2D eigenvalue weighted by Crippen LogP contribution is 2.30. The molecule has 2 atom stereocenters. The molecule has 10 nitrogen and oxygen atoms in total. The van der Waals surface area contributed by atoms with Crippen LogP contribution in [0.15, 0.2) is 54.6 Å². The summed E-state index contributed by atoms with van der Waals surface area (Å²) in [6, 6.07) is 13.1. The summed E-state index contributed by atoms with van der Waals surface area (Å²) >= 11 is 0. The molecule has 0 spiro atoms. The minimum atomic E-state index is -1.30. The van der Waals surface area contributed by atoms with Crippen LogP contribution >= 0.6 is 0 Å². The number of carbonyl (C=O) groups is 4. The van der Waals surface area contributed by atoms with Gasteiger partial charge in [0.25, 0.3) is 0 Å². The third-order valence-corrected chi connectivity index (χ3v) is 6.19. The number of unbranched alkanes of at least 4 members (excludes halogenated alkanes) is 2. The molecule has 2 unspecified atom stereocenters. The normalized spacial score (nSPS) is 12.9. The van der Waals surface area contributed by atoms with E-state index in [1.165, 1.54) is 11.0 Å². The Bertz CT molecular complexity index is 1220. The van der Waals surface area contributed by atoms with Gasteiger partial charge in [-0.05, 0) is 59.6 Å². The summed E-state index contributed by atoms with van der Waals surface area (Å²) < 4.78 is 10.9. The number of phenolic OH excluding ortho intramolecular Hbond substituents is 1. The number of benzene rings is 2. The van der Waals surface area contributed by atoms with Crippen LogP contribution in [0.1, 0.15) is 84.9 Å². The van der Waals surface area contributed by atoms with Crippen LogP contribution in [0.4, 0.5) is 4.79 Å². The average molecular weight is 598 g/mol. The average Bonchev–Trinajstić information content (AvgIpc) is 2.90. The van der Waals surface area contributed by atoms with Crippen LogP contribution in [-0.2, 0) is 30.3 Å². The number of ether oxygens (including phenoxy) is 2. The molecule has 0 aliphatic rings. The van der Waals surface area contributed by atoms with E-state index in [1.807, 2.05) is 37.3 Å². The molecule has 3 amide bonds. The van der Waals surface area contributed by atoms with Gasteiger partial charge in [0, 0.05) is 18.5 Å². The Kier molecular flexibility index (Phi) is 13.0. The van der Waals surface area contributed by atoms with Crippen LogP contribution in [0.25, 0.3) is 0 Å². The van der Waals surface area contributed by atoms with Gasteiger partial charge < -0.3 is 30.1 Å². The van der Waals surface area contributed by atoms with Gasteiger partial charge in [-0.2, -0.15) is 0 Å². The molecule has 0 radical (unpaired) electrons. The fraction of sp³-hybridized carbons (Fsp3) is 0.515. The predicted molar refractivity (Wildman–Crippen MR) is 164 cm³/mol. The van der Waals surface area contributed by atoms with Crippen molar-refractivity contribution in [2.75, 3.05) is 13.1 Å². The fourth-order valence-electron chi connectivity index (χ4n) is 4.33. The molecule has 2 rings (SSSR count). The van der Waals surface area contributed by atoms with E-state index in [4.69, 9.17) is 9.47 Å². The number of phenols is 1. The van der Waals surface area contributed by atoms with E-state index in [0.29, 0.717) is 6.42 Å². The summed E-state index contributed by atoms with van der Waals surface area (Å²) in [5.74, 6) is -2.04. The smallest absolute Gasteiger partial charge is 0.408 e. The fourth-order valence-corrected chi connectivity index (χ4v) is 4.33. The van der Waals surface area contributed by atoms with E-state index in [1.54, 1.807) is 59.7 Å². The topological polar surface area (TPSA) is 134 Å². The first-order valence-electron chi connectivity index (χ1n) is 14.7. The van der Waals surface area contributed by atoms with Gasteiger partial charge in [-0.3, -0.25) is 9.59 Å². The van der Waals surface area contributed by atoms with Crippen molar-refractivity contribution in [3.8, 4) is 5.75 Å². The summed E-state index contributed by atoms with van der Waals surface area (Å²) in [5.41, 5.74) is -0.578. The van der Waals surface area contributed by atoms with Gasteiger partial charge in [-0.25, -0.2) is 9.59 Å². The number of rotatable bonds is 13. The van der Waals surface area contributed by atoms with Crippen LogP contribution in [0.3, 0.4) is 0 Å². The van der Waals surface area contributed by atoms with Crippen molar-refractivity contribution in [3.05, 3.63) is 65.7 Å². The molecular weight excluding hydrogens is 550 g/mol. The predicted octanol–water partition coefficient (Wildman–Crippen LogP) is 5.05. The molecule has 2 aromatic rings. The summed E-state index contributed by atoms with van der Waals surface area (Å²) in [5, 5.41) is 16.1. The van der Waals surface area contributed by atoms with Gasteiger partial charge >= 0.3 is 12.1 Å². The standard InChI is InChI=1S/C33H47N3O7/c1-8-9-15-20-36(27(38)22-34-31(41)43-33(5,6)7)28(24-18-13-14-19-26(24)37)29(39)35-25(30(40)42-32(2,3)4)21-23-16-11-10-12-17-23/h10-14,16-19,25,28,37H,8-9,15,20-22H2,1-7H3,(H,34,41)(H,35,39). The zero-order valence-corrected chi connectivity index (χ0v) is 26.4. The summed E-state index contributed by atoms with van der Waals surface area (Å²) in [7, 11) is 0. The number of aromatic hydroxyl groups is 1. The SMILES string of the molecule is CCCCCN(C(=O)CNC(=O)OC(C)(C)C)C(C(=O)NC(Cc1ccccc1)C(=O)OC(C)(C)C)c1ccccc1O. The van der Waals surface area contributed by atoms with Gasteiger partial charge in [0.1, 0.15) is 35.6 Å². The van der Waals surface area contributed by atoms with Crippen LogP contribution in [-0.4, -0.2) is 64.2 Å². The Hall–Kier alpha value is -4.08. The molecule has 0 fully saturated rings. The third kappa shape index (κ3) is 12.4. The van der Waals surface area contributed by atoms with Crippen molar-refractivity contribution in [2.24, 2.45) is 0 Å². The van der Waals surface area contributed by atoms with Gasteiger partial charge in [0.2, 0.25) is 11.8 Å². The quantitative estimate of drug-likeness (QED) is 0.217. The van der Waals surface area contributed by atoms with E-state index in [0.717, 1.165) is 18.4 Å². The number of nitrogens with one attached hydrogen (secondary N) is 2. The third-order valence-electron chi connectivity index (χ3n) is 6.19. The second-order valence-corrected chi connectivity index (χ2v) is 12.4. The highest BCUT2D eigenvalue weighted by Gasteiger charge is 2.36. The first-order chi connectivity index (χ1) is 20.1. The molecule has 0 aliphatic heterocycles. The van der Waals surface area contributed by atoms with Crippen molar-refractivity contribution in [2.45, 2.75) is 97.4 Å². The lowest BCUT2D eigenvalue weighted by Crippen LogP contribution is -2.52. The van der Waals surface area contributed by atoms with Crippen LogP contribution < -0.4 is 10.6 Å². The molecule has 0 heterocycles. The number of alkyl carbamates (subject to hydrolysis) is 1. The second-order valence-electron chi connectivity index (χ2n) is 12.4. The van der Waals surface area contributed by atoms with E-state index < -0.39 is 53.7 Å². The minimum Gasteiger partial charge on any atom is -0.508 e. The van der Waals surface area contributed by atoms with Crippen molar-refractivity contribution < 1.29 is 33.8 Å². The molecule has 2 aromatic carbocycles. The van der Waals surface area contributed by atoms with E-state index >= 15 is 0 Å². The van der Waals surface area contributed by atoms with Crippen molar-refractivity contribution in [3.63, 3.8) is 0 Å². The number of carbonyl (C=O) groups excluding carboxylic acids is 4. The first-order valence-corrected chi connectivity index (χ1v) is 14.7. The van der Waals surface area contributed by atoms with E-state index in [9.17, 15) is 24.3 Å². The molecule has 0 aliphatic carbocycles. The van der Waals surface area contributed by atoms with Crippen molar-refractivity contribution in [1.29, 1.82) is 0 Å². The first kappa shape index (κ1) is 35.1. The van der Waals surface area contributed by atoms with Crippen LogP contribution in [0, 0.1) is 0 Å². The molecule has 3 N–H and O–H groups in total. The number of esters is 1. The van der Waals surface area contributed by atoms with Crippen LogP contribution in [0.5, 0.6) is 5.75 Å². The zero-order valence-electron chi connectivity index (χ0n) is 26.4. The lowest BCUT2D eigenvalue weighted by Gasteiger charge is -2.33. The molecule has 236 valence electrons. The Morgan fingerprint density at radius 1 is 0.860 bits per heavy atom. The lowest BCUT2D eigenvalue weighted by molar-refractivity contribution is -0.159. The van der Waals surface area contributed by atoms with Gasteiger partial charge in [0.15, 0.2) is 0 Å². The van der Waals surface area contributed by atoms with Gasteiger partial charge in [0.05, 0.1) is 0 Å². The molecule has 43 heavy (non-hydrogen) atoms. The zero-order chi connectivity index (χ0) is 32.2. The van der Waals surface area contributed by atoms with Crippen LogP contribution in [0.2, 0.25) is 0 Å². The maximum Gasteiger partial charge on any atom is 0.408 e. The van der Waals surface area contributed by atoms with Crippen molar-refractivity contribution >= 4 is 23.9 Å². The Balaban J connectivity index is 2.48. The largest absolute Gasteiger partial charge is 0.508 e. The van der Waals surface area contributed by atoms with E-state index in [2.05, 4.69) is 10.6 Å². The minimum absolute atomic E-state index is 0.152. The highest BCUT2D eigenvalue weighted by atomic mass is 16.6. The summed E-state index contributed by atoms with van der Waals surface area (Å²) in [6.07, 6.45) is 1.60. The highest BCUT2D eigenvalue weighted by molar-refractivity contribution is 5.93. The van der Waals surface area contributed by atoms with E-state index in [-0.39, 0.29) is 24.3 Å². The number of amides is 3. The Labute approximate surface area is 255 Å². The van der Waals surface area contributed by atoms with Gasteiger partial charge in [-0.1, -0.05) is 68.3 Å².